The molecular weight excluding hydrogens is 307 g/mol. The van der Waals surface area contributed by atoms with Crippen LogP contribution in [-0.4, -0.2) is 18.1 Å². The van der Waals surface area contributed by atoms with E-state index < -0.39 is 0 Å². The average Bonchev–Trinajstić information content (AvgIpc) is 3.01. The Morgan fingerprint density at radius 3 is 2.71 bits per heavy atom. The maximum absolute atomic E-state index is 6.18. The molecule has 2 aromatic rings. The SMILES string of the molecule is Clc1cnc(OC(c2ccccc2)C2CCNC2)c(Cl)c1. The number of hydrogen-bond acceptors (Lipinski definition) is 3. The summed E-state index contributed by atoms with van der Waals surface area (Å²) in [6.45, 7) is 1.95. The monoisotopic (exact) mass is 322 g/mol. The van der Waals surface area contributed by atoms with Gasteiger partial charge >= 0.3 is 0 Å². The minimum atomic E-state index is -0.0626. The van der Waals surface area contributed by atoms with E-state index in [2.05, 4.69) is 22.4 Å². The number of aromatic nitrogens is 1. The molecule has 3 nitrogen and oxygen atoms in total. The molecule has 1 aliphatic heterocycles. The van der Waals surface area contributed by atoms with Crippen LogP contribution in [0.15, 0.2) is 42.6 Å². The first-order valence-electron chi connectivity index (χ1n) is 6.97. The Labute approximate surface area is 134 Å². The summed E-state index contributed by atoms with van der Waals surface area (Å²) in [6, 6.07) is 11.8. The van der Waals surface area contributed by atoms with Crippen LogP contribution < -0.4 is 10.1 Å². The van der Waals surface area contributed by atoms with Crippen LogP contribution in [0.1, 0.15) is 18.1 Å². The minimum Gasteiger partial charge on any atom is -0.468 e. The largest absolute Gasteiger partial charge is 0.468 e. The molecule has 1 saturated heterocycles. The van der Waals surface area contributed by atoms with Gasteiger partial charge in [-0.1, -0.05) is 53.5 Å². The molecule has 3 rings (SSSR count). The fraction of sp³-hybridized carbons (Fsp3) is 0.312. The van der Waals surface area contributed by atoms with Crippen LogP contribution in [0, 0.1) is 5.92 Å². The van der Waals surface area contributed by atoms with E-state index in [1.807, 2.05) is 18.2 Å². The van der Waals surface area contributed by atoms with Crippen molar-refractivity contribution < 1.29 is 4.74 Å². The highest BCUT2D eigenvalue weighted by molar-refractivity contribution is 6.35. The lowest BCUT2D eigenvalue weighted by atomic mass is 9.95. The van der Waals surface area contributed by atoms with Crippen LogP contribution in [0.25, 0.3) is 0 Å². The van der Waals surface area contributed by atoms with Gasteiger partial charge in [-0.25, -0.2) is 4.98 Å². The van der Waals surface area contributed by atoms with Crippen LogP contribution in [0.3, 0.4) is 0 Å². The molecule has 2 heterocycles. The van der Waals surface area contributed by atoms with Crippen molar-refractivity contribution in [2.75, 3.05) is 13.1 Å². The fourth-order valence-corrected chi connectivity index (χ4v) is 3.05. The van der Waals surface area contributed by atoms with Gasteiger partial charge in [0.2, 0.25) is 5.88 Å². The Bertz CT molecular complexity index is 600. The zero-order valence-corrected chi connectivity index (χ0v) is 12.9. The lowest BCUT2D eigenvalue weighted by Crippen LogP contribution is -2.21. The molecule has 0 bridgehead atoms. The van der Waals surface area contributed by atoms with Crippen LogP contribution in [0.2, 0.25) is 10.0 Å². The van der Waals surface area contributed by atoms with Crippen LogP contribution in [0.4, 0.5) is 0 Å². The summed E-state index contributed by atoms with van der Waals surface area (Å²) < 4.78 is 6.13. The summed E-state index contributed by atoms with van der Waals surface area (Å²) in [5, 5.41) is 4.32. The predicted octanol–water partition coefficient (Wildman–Crippen LogP) is 4.12. The third-order valence-electron chi connectivity index (χ3n) is 3.67. The molecule has 110 valence electrons. The van der Waals surface area contributed by atoms with Crippen molar-refractivity contribution in [3.63, 3.8) is 0 Å². The molecule has 0 amide bonds. The molecule has 2 unspecified atom stereocenters. The summed E-state index contributed by atoms with van der Waals surface area (Å²) in [5.74, 6) is 0.836. The molecule has 0 aliphatic carbocycles. The molecule has 21 heavy (non-hydrogen) atoms. The fourth-order valence-electron chi connectivity index (χ4n) is 2.62. The smallest absolute Gasteiger partial charge is 0.233 e. The van der Waals surface area contributed by atoms with Crippen LogP contribution >= 0.6 is 23.2 Å². The van der Waals surface area contributed by atoms with Crippen molar-refractivity contribution in [3.05, 3.63) is 58.2 Å². The van der Waals surface area contributed by atoms with E-state index in [9.17, 15) is 0 Å². The number of benzene rings is 1. The first kappa shape index (κ1) is 14.6. The van der Waals surface area contributed by atoms with Crippen LogP contribution in [-0.2, 0) is 0 Å². The number of pyridine rings is 1. The number of nitrogens with one attached hydrogen (secondary N) is 1. The van der Waals surface area contributed by atoms with E-state index in [0.717, 1.165) is 25.1 Å². The molecule has 0 saturated carbocycles. The molecule has 1 fully saturated rings. The molecule has 1 N–H and O–H groups in total. The topological polar surface area (TPSA) is 34.1 Å². The number of nitrogens with zero attached hydrogens (tertiary/aromatic N) is 1. The van der Waals surface area contributed by atoms with Gasteiger partial charge in [-0.3, -0.25) is 0 Å². The molecule has 0 spiro atoms. The first-order chi connectivity index (χ1) is 10.2. The molecule has 1 aliphatic rings. The van der Waals surface area contributed by atoms with Crippen molar-refractivity contribution in [2.45, 2.75) is 12.5 Å². The van der Waals surface area contributed by atoms with E-state index in [4.69, 9.17) is 27.9 Å². The van der Waals surface area contributed by atoms with E-state index in [1.54, 1.807) is 12.3 Å². The second-order valence-electron chi connectivity index (χ2n) is 5.14. The summed E-state index contributed by atoms with van der Waals surface area (Å²) in [5.41, 5.74) is 1.14. The normalized spacial score (nSPS) is 19.4. The Kier molecular flexibility index (Phi) is 4.63. The highest BCUT2D eigenvalue weighted by Crippen LogP contribution is 2.34. The third-order valence-corrected chi connectivity index (χ3v) is 4.14. The number of halogens is 2. The second kappa shape index (κ2) is 6.65. The van der Waals surface area contributed by atoms with Gasteiger partial charge in [-0.2, -0.15) is 0 Å². The molecular formula is C16H16Cl2N2O. The van der Waals surface area contributed by atoms with Gasteiger partial charge in [-0.15, -0.1) is 0 Å². The van der Waals surface area contributed by atoms with Gasteiger partial charge in [0.05, 0.1) is 5.02 Å². The van der Waals surface area contributed by atoms with Crippen molar-refractivity contribution in [3.8, 4) is 5.88 Å². The van der Waals surface area contributed by atoms with Gasteiger partial charge in [0, 0.05) is 18.7 Å². The Morgan fingerprint density at radius 2 is 2.05 bits per heavy atom. The maximum atomic E-state index is 6.18. The average molecular weight is 323 g/mol. The van der Waals surface area contributed by atoms with Crippen molar-refractivity contribution in [2.24, 2.45) is 5.92 Å². The molecule has 2 atom stereocenters. The summed E-state index contributed by atoms with van der Waals surface area (Å²) in [7, 11) is 0. The van der Waals surface area contributed by atoms with E-state index in [-0.39, 0.29) is 6.10 Å². The second-order valence-corrected chi connectivity index (χ2v) is 5.99. The third kappa shape index (κ3) is 3.49. The maximum Gasteiger partial charge on any atom is 0.233 e. The molecule has 1 aromatic heterocycles. The van der Waals surface area contributed by atoms with E-state index in [1.165, 1.54) is 0 Å². The Hall–Kier alpha value is -1.29. The molecule has 1 aromatic carbocycles. The molecule has 0 radical (unpaired) electrons. The predicted molar refractivity (Wildman–Crippen MR) is 85.0 cm³/mol. The number of ether oxygens (including phenoxy) is 1. The van der Waals surface area contributed by atoms with Gasteiger partial charge in [0.25, 0.3) is 0 Å². The zero-order valence-electron chi connectivity index (χ0n) is 11.4. The van der Waals surface area contributed by atoms with Crippen molar-refractivity contribution in [1.82, 2.24) is 10.3 Å². The van der Waals surface area contributed by atoms with Crippen molar-refractivity contribution >= 4 is 23.2 Å². The van der Waals surface area contributed by atoms with Gasteiger partial charge < -0.3 is 10.1 Å². The Morgan fingerprint density at radius 1 is 1.24 bits per heavy atom. The lowest BCUT2D eigenvalue weighted by molar-refractivity contribution is 0.138. The summed E-state index contributed by atoms with van der Waals surface area (Å²) in [6.07, 6.45) is 2.56. The van der Waals surface area contributed by atoms with E-state index in [0.29, 0.717) is 21.8 Å². The zero-order chi connectivity index (χ0) is 14.7. The summed E-state index contributed by atoms with van der Waals surface area (Å²) in [4.78, 5) is 4.21. The summed E-state index contributed by atoms with van der Waals surface area (Å²) >= 11 is 12.1. The number of rotatable bonds is 4. The van der Waals surface area contributed by atoms with Gasteiger partial charge in [0.15, 0.2) is 0 Å². The van der Waals surface area contributed by atoms with E-state index >= 15 is 0 Å². The molecule has 5 heteroatoms. The quantitative estimate of drug-likeness (QED) is 0.919. The first-order valence-corrected chi connectivity index (χ1v) is 7.73. The van der Waals surface area contributed by atoms with Gasteiger partial charge in [-0.05, 0) is 24.6 Å². The Balaban J connectivity index is 1.88. The number of hydrogen-bond donors (Lipinski definition) is 1. The highest BCUT2D eigenvalue weighted by atomic mass is 35.5. The van der Waals surface area contributed by atoms with Crippen molar-refractivity contribution in [1.29, 1.82) is 0 Å². The highest BCUT2D eigenvalue weighted by Gasteiger charge is 2.28. The van der Waals surface area contributed by atoms with Gasteiger partial charge in [0.1, 0.15) is 11.1 Å². The standard InChI is InChI=1S/C16H16Cl2N2O/c17-13-8-14(18)16(20-10-13)21-15(12-6-7-19-9-12)11-4-2-1-3-5-11/h1-5,8,10,12,15,19H,6-7,9H2. The van der Waals surface area contributed by atoms with Crippen LogP contribution in [0.5, 0.6) is 5.88 Å². The lowest BCUT2D eigenvalue weighted by Gasteiger charge is -2.24. The minimum absolute atomic E-state index is 0.0626.